The Balaban J connectivity index is 4.52. The predicted octanol–water partition coefficient (Wildman–Crippen LogP) is 3.33. The molecule has 0 spiro atoms. The fraction of sp³-hybridized carbons (Fsp3) is 0.600. The third-order valence-corrected chi connectivity index (χ3v) is 1.26. The molecular formula is C5H4ClF5. The lowest BCUT2D eigenvalue weighted by molar-refractivity contribution is -0.169. The second-order valence-electron chi connectivity index (χ2n) is 1.85. The maximum atomic E-state index is 12.0. The van der Waals surface area contributed by atoms with Crippen LogP contribution < -0.4 is 0 Å². The molecule has 0 nitrogen and oxygen atoms in total. The highest BCUT2D eigenvalue weighted by molar-refractivity contribution is 6.28. The molecule has 0 aromatic rings. The minimum atomic E-state index is -5.09. The Labute approximate surface area is 64.6 Å². The average Bonchev–Trinajstić information content (AvgIpc) is 1.82. The van der Waals surface area contributed by atoms with Crippen LogP contribution in [0, 0.1) is 0 Å². The highest BCUT2D eigenvalue weighted by Crippen LogP contribution is 2.30. The Morgan fingerprint density at radius 3 is 1.82 bits per heavy atom. The largest absolute Gasteiger partial charge is 0.423 e. The van der Waals surface area contributed by atoms with Crippen molar-refractivity contribution in [1.29, 1.82) is 0 Å². The van der Waals surface area contributed by atoms with Gasteiger partial charge in [-0.2, -0.15) is 17.6 Å². The van der Waals surface area contributed by atoms with Gasteiger partial charge in [-0.25, -0.2) is 4.39 Å². The van der Waals surface area contributed by atoms with Gasteiger partial charge in [0.1, 0.15) is 0 Å². The summed E-state index contributed by atoms with van der Waals surface area (Å²) in [7, 11) is 0. The molecule has 11 heavy (non-hydrogen) atoms. The number of allylic oxidation sites excluding steroid dienone is 1. The minimum absolute atomic E-state index is 0.639. The zero-order chi connectivity index (χ0) is 9.23. The Bertz CT molecular complexity index is 166. The van der Waals surface area contributed by atoms with Crippen molar-refractivity contribution in [3.05, 3.63) is 10.9 Å². The first-order valence-corrected chi connectivity index (χ1v) is 2.87. The van der Waals surface area contributed by atoms with Crippen molar-refractivity contribution in [3.63, 3.8) is 0 Å². The molecule has 0 amide bonds. The van der Waals surface area contributed by atoms with Gasteiger partial charge in [-0.1, -0.05) is 11.6 Å². The van der Waals surface area contributed by atoms with E-state index in [9.17, 15) is 22.0 Å². The molecule has 0 fully saturated rings. The van der Waals surface area contributed by atoms with Crippen molar-refractivity contribution in [2.45, 2.75) is 19.3 Å². The fourth-order valence-electron chi connectivity index (χ4n) is 0.341. The van der Waals surface area contributed by atoms with Gasteiger partial charge in [-0.15, -0.1) is 0 Å². The second kappa shape index (κ2) is 3.38. The molecule has 0 heterocycles. The molecule has 0 radical (unpaired) electrons. The van der Waals surface area contributed by atoms with Crippen LogP contribution in [0.25, 0.3) is 0 Å². The predicted molar refractivity (Wildman–Crippen MR) is 30.6 cm³/mol. The molecule has 1 atom stereocenters. The van der Waals surface area contributed by atoms with E-state index in [4.69, 9.17) is 0 Å². The minimum Gasteiger partial charge on any atom is -0.232 e. The zero-order valence-electron chi connectivity index (χ0n) is 5.35. The normalized spacial score (nSPS) is 17.7. The molecule has 66 valence electrons. The molecule has 0 aliphatic heterocycles. The molecule has 0 saturated carbocycles. The number of rotatable bonds is 1. The van der Waals surface area contributed by atoms with Crippen molar-refractivity contribution < 1.29 is 22.0 Å². The van der Waals surface area contributed by atoms with E-state index >= 15 is 0 Å². The van der Waals surface area contributed by atoms with E-state index in [0.717, 1.165) is 0 Å². The van der Waals surface area contributed by atoms with Crippen LogP contribution in [0.4, 0.5) is 22.0 Å². The number of hydrogen-bond acceptors (Lipinski definition) is 0. The third kappa shape index (κ3) is 3.05. The molecule has 0 aliphatic rings. The molecule has 0 rings (SSSR count). The van der Waals surface area contributed by atoms with Gasteiger partial charge in [0.2, 0.25) is 6.17 Å². The standard InChI is InChI=1S/C5H4ClF5/c1-2(4(6)8)3(7)5(9,10)11/h3H,1H3/b4-2-. The van der Waals surface area contributed by atoms with Gasteiger partial charge in [-0.3, -0.25) is 0 Å². The van der Waals surface area contributed by atoms with Crippen LogP contribution >= 0.6 is 11.6 Å². The van der Waals surface area contributed by atoms with E-state index in [1.54, 1.807) is 0 Å². The van der Waals surface area contributed by atoms with E-state index < -0.39 is 23.2 Å². The van der Waals surface area contributed by atoms with Gasteiger partial charge in [-0.05, 0) is 6.92 Å². The van der Waals surface area contributed by atoms with Gasteiger partial charge in [0.15, 0.2) is 5.29 Å². The SMILES string of the molecule is C/C(=C(/F)Cl)C(F)C(F)(F)F. The Kier molecular flexibility index (Phi) is 3.29. The monoisotopic (exact) mass is 194 g/mol. The molecule has 0 N–H and O–H groups in total. The molecule has 0 aromatic heterocycles. The van der Waals surface area contributed by atoms with Gasteiger partial charge < -0.3 is 0 Å². The number of alkyl halides is 4. The van der Waals surface area contributed by atoms with Crippen LogP contribution in [0.5, 0.6) is 0 Å². The summed E-state index contributed by atoms with van der Waals surface area (Å²) in [5.41, 5.74) is -1.15. The first-order valence-electron chi connectivity index (χ1n) is 2.49. The third-order valence-electron chi connectivity index (χ3n) is 0.966. The van der Waals surface area contributed by atoms with Crippen LogP contribution in [-0.2, 0) is 0 Å². The smallest absolute Gasteiger partial charge is 0.232 e. The summed E-state index contributed by atoms with van der Waals surface area (Å²) in [6.07, 6.45) is -8.41. The lowest BCUT2D eigenvalue weighted by Gasteiger charge is -2.11. The van der Waals surface area contributed by atoms with Gasteiger partial charge >= 0.3 is 6.18 Å². The molecule has 0 saturated heterocycles. The van der Waals surface area contributed by atoms with Crippen molar-refractivity contribution in [2.75, 3.05) is 0 Å². The molecule has 0 aliphatic carbocycles. The first-order chi connectivity index (χ1) is 4.76. The lowest BCUT2D eigenvalue weighted by Crippen LogP contribution is -2.25. The number of hydrogen-bond donors (Lipinski definition) is 0. The summed E-state index contributed by atoms with van der Waals surface area (Å²) in [5.74, 6) is 0. The molecule has 6 heteroatoms. The maximum Gasteiger partial charge on any atom is 0.423 e. The van der Waals surface area contributed by atoms with Crippen LogP contribution in [0.15, 0.2) is 10.9 Å². The molecular weight excluding hydrogens is 190 g/mol. The highest BCUT2D eigenvalue weighted by Gasteiger charge is 2.42. The van der Waals surface area contributed by atoms with Crippen molar-refractivity contribution >= 4 is 11.6 Å². The van der Waals surface area contributed by atoms with E-state index in [1.807, 2.05) is 0 Å². The van der Waals surface area contributed by atoms with Crippen molar-refractivity contribution in [2.24, 2.45) is 0 Å². The lowest BCUT2D eigenvalue weighted by atomic mass is 10.2. The highest BCUT2D eigenvalue weighted by atomic mass is 35.5. The summed E-state index contributed by atoms with van der Waals surface area (Å²) in [4.78, 5) is 0. The van der Waals surface area contributed by atoms with Crippen LogP contribution in [0.2, 0.25) is 0 Å². The topological polar surface area (TPSA) is 0 Å². The Morgan fingerprint density at radius 1 is 1.36 bits per heavy atom. The second-order valence-corrected chi connectivity index (χ2v) is 2.18. The van der Waals surface area contributed by atoms with Crippen LogP contribution in [0.1, 0.15) is 6.92 Å². The molecule has 0 bridgehead atoms. The van der Waals surface area contributed by atoms with E-state index in [-0.39, 0.29) is 0 Å². The maximum absolute atomic E-state index is 12.0. The Morgan fingerprint density at radius 2 is 1.73 bits per heavy atom. The summed E-state index contributed by atoms with van der Waals surface area (Å²) in [6, 6.07) is 0. The quantitative estimate of drug-likeness (QED) is 0.562. The van der Waals surface area contributed by atoms with Crippen molar-refractivity contribution in [3.8, 4) is 0 Å². The van der Waals surface area contributed by atoms with Crippen LogP contribution in [0.3, 0.4) is 0 Å². The number of halogens is 6. The summed E-state index contributed by atoms with van der Waals surface area (Å²) < 4.78 is 58.1. The summed E-state index contributed by atoms with van der Waals surface area (Å²) >= 11 is 4.50. The summed E-state index contributed by atoms with van der Waals surface area (Å²) in [5, 5.41) is -1.66. The molecule has 0 aromatic carbocycles. The average molecular weight is 195 g/mol. The first kappa shape index (κ1) is 10.7. The van der Waals surface area contributed by atoms with E-state index in [2.05, 4.69) is 11.6 Å². The van der Waals surface area contributed by atoms with Crippen LogP contribution in [-0.4, -0.2) is 12.3 Å². The zero-order valence-corrected chi connectivity index (χ0v) is 6.10. The van der Waals surface area contributed by atoms with E-state index in [1.165, 1.54) is 0 Å². The summed E-state index contributed by atoms with van der Waals surface area (Å²) in [6.45, 7) is 0.639. The van der Waals surface area contributed by atoms with Gasteiger partial charge in [0.05, 0.1) is 0 Å². The fourth-order valence-corrected chi connectivity index (χ4v) is 0.437. The van der Waals surface area contributed by atoms with Gasteiger partial charge in [0.25, 0.3) is 0 Å². The van der Waals surface area contributed by atoms with Crippen molar-refractivity contribution in [1.82, 2.24) is 0 Å². The van der Waals surface area contributed by atoms with Gasteiger partial charge in [0, 0.05) is 5.57 Å². The van der Waals surface area contributed by atoms with E-state index in [0.29, 0.717) is 6.92 Å². The Hall–Kier alpha value is -0.320. The molecule has 1 unspecified atom stereocenters.